The van der Waals surface area contributed by atoms with Gasteiger partial charge >= 0.3 is 0 Å². The quantitative estimate of drug-likeness (QED) is 0.806. The normalized spacial score (nSPS) is 12.0. The average molecular weight is 367 g/mol. The van der Waals surface area contributed by atoms with Crippen molar-refractivity contribution in [1.29, 1.82) is 0 Å². The second-order valence-corrected chi connectivity index (χ2v) is 8.37. The second-order valence-electron chi connectivity index (χ2n) is 6.50. The van der Waals surface area contributed by atoms with Crippen LogP contribution in [-0.2, 0) is 12.0 Å². The standard InChI is InChI=1S/C17H23BrN2S/c1-10-7-12(8-11(2)14(10)18)16-20-15(17(3,4)5)13(21-16)9-19-6/h7-8,19H,9H2,1-6H3. The van der Waals surface area contributed by atoms with Crippen molar-refractivity contribution in [3.8, 4) is 10.6 Å². The molecule has 0 bridgehead atoms. The lowest BCUT2D eigenvalue weighted by Gasteiger charge is -2.17. The maximum Gasteiger partial charge on any atom is 0.123 e. The van der Waals surface area contributed by atoms with E-state index in [0.29, 0.717) is 0 Å². The minimum absolute atomic E-state index is 0.0698. The number of halogens is 1. The number of aromatic nitrogens is 1. The molecule has 1 N–H and O–H groups in total. The van der Waals surface area contributed by atoms with E-state index in [2.05, 4.69) is 68.0 Å². The summed E-state index contributed by atoms with van der Waals surface area (Å²) >= 11 is 5.43. The molecule has 2 aromatic rings. The van der Waals surface area contributed by atoms with Gasteiger partial charge in [0.05, 0.1) is 5.69 Å². The van der Waals surface area contributed by atoms with Gasteiger partial charge in [-0.1, -0.05) is 36.7 Å². The van der Waals surface area contributed by atoms with Crippen LogP contribution in [0.1, 0.15) is 42.5 Å². The lowest BCUT2D eigenvalue weighted by atomic mass is 9.91. The third kappa shape index (κ3) is 3.55. The zero-order chi connectivity index (χ0) is 15.8. The molecule has 1 aromatic carbocycles. The Balaban J connectivity index is 2.55. The van der Waals surface area contributed by atoms with Gasteiger partial charge in [-0.3, -0.25) is 0 Å². The maximum absolute atomic E-state index is 4.95. The monoisotopic (exact) mass is 366 g/mol. The van der Waals surface area contributed by atoms with Crippen LogP contribution in [0.25, 0.3) is 10.6 Å². The Bertz CT molecular complexity index is 630. The number of nitrogens with one attached hydrogen (secondary N) is 1. The molecule has 2 rings (SSSR count). The van der Waals surface area contributed by atoms with Crippen LogP contribution in [0.15, 0.2) is 16.6 Å². The van der Waals surface area contributed by atoms with Crippen molar-refractivity contribution in [2.75, 3.05) is 7.05 Å². The summed E-state index contributed by atoms with van der Waals surface area (Å²) in [4.78, 5) is 6.28. The molecule has 0 amide bonds. The first-order valence-corrected chi connectivity index (χ1v) is 8.77. The minimum atomic E-state index is 0.0698. The molecule has 0 radical (unpaired) electrons. The Kier molecular flexibility index (Phi) is 4.91. The number of hydrogen-bond acceptors (Lipinski definition) is 3. The van der Waals surface area contributed by atoms with Gasteiger partial charge in [-0.25, -0.2) is 4.98 Å². The highest BCUT2D eigenvalue weighted by atomic mass is 79.9. The highest BCUT2D eigenvalue weighted by molar-refractivity contribution is 9.10. The summed E-state index contributed by atoms with van der Waals surface area (Å²) in [7, 11) is 1.99. The summed E-state index contributed by atoms with van der Waals surface area (Å²) in [5.74, 6) is 0. The van der Waals surface area contributed by atoms with Crippen LogP contribution >= 0.6 is 27.3 Å². The smallest absolute Gasteiger partial charge is 0.123 e. The molecule has 0 aliphatic heterocycles. The van der Waals surface area contributed by atoms with E-state index in [4.69, 9.17) is 4.98 Å². The molecule has 0 aliphatic rings. The molecule has 0 saturated carbocycles. The molecule has 0 atom stereocenters. The van der Waals surface area contributed by atoms with Crippen LogP contribution in [-0.4, -0.2) is 12.0 Å². The molecule has 0 fully saturated rings. The lowest BCUT2D eigenvalue weighted by molar-refractivity contribution is 0.563. The Hall–Kier alpha value is -0.710. The van der Waals surface area contributed by atoms with Crippen molar-refractivity contribution in [3.05, 3.63) is 38.3 Å². The van der Waals surface area contributed by atoms with Gasteiger partial charge < -0.3 is 5.32 Å². The molecule has 21 heavy (non-hydrogen) atoms. The SMILES string of the molecule is CNCc1sc(-c2cc(C)c(Br)c(C)c2)nc1C(C)(C)C. The van der Waals surface area contributed by atoms with E-state index >= 15 is 0 Å². The molecule has 1 aromatic heterocycles. The van der Waals surface area contributed by atoms with Crippen molar-refractivity contribution in [3.63, 3.8) is 0 Å². The summed E-state index contributed by atoms with van der Waals surface area (Å²) < 4.78 is 1.19. The first kappa shape index (κ1) is 16.7. The van der Waals surface area contributed by atoms with Gasteiger partial charge in [-0.05, 0) is 44.2 Å². The third-order valence-corrected chi connectivity index (χ3v) is 5.78. The average Bonchev–Trinajstić information content (AvgIpc) is 2.80. The van der Waals surface area contributed by atoms with E-state index in [1.54, 1.807) is 11.3 Å². The third-order valence-electron chi connectivity index (χ3n) is 3.43. The molecule has 0 spiro atoms. The van der Waals surface area contributed by atoms with E-state index in [1.165, 1.54) is 31.7 Å². The van der Waals surface area contributed by atoms with Crippen molar-refractivity contribution in [2.45, 2.75) is 46.6 Å². The second kappa shape index (κ2) is 6.19. The molecule has 114 valence electrons. The lowest BCUT2D eigenvalue weighted by Crippen LogP contribution is -2.16. The van der Waals surface area contributed by atoms with Gasteiger partial charge in [0.2, 0.25) is 0 Å². The van der Waals surface area contributed by atoms with Gasteiger partial charge in [0.25, 0.3) is 0 Å². The summed E-state index contributed by atoms with van der Waals surface area (Å²) in [5.41, 5.74) is 5.00. The summed E-state index contributed by atoms with van der Waals surface area (Å²) in [6, 6.07) is 4.43. The molecule has 2 nitrogen and oxygen atoms in total. The van der Waals surface area contributed by atoms with Crippen LogP contribution in [0.4, 0.5) is 0 Å². The van der Waals surface area contributed by atoms with Crippen molar-refractivity contribution < 1.29 is 0 Å². The van der Waals surface area contributed by atoms with Crippen LogP contribution < -0.4 is 5.32 Å². The predicted molar refractivity (Wildman–Crippen MR) is 96.2 cm³/mol. The van der Waals surface area contributed by atoms with Crippen molar-refractivity contribution >= 4 is 27.3 Å². The fraction of sp³-hybridized carbons (Fsp3) is 0.471. The first-order valence-electron chi connectivity index (χ1n) is 7.16. The maximum atomic E-state index is 4.95. The molecule has 0 saturated heterocycles. The Morgan fingerprint density at radius 2 is 1.76 bits per heavy atom. The van der Waals surface area contributed by atoms with Gasteiger partial charge in [0, 0.05) is 26.9 Å². The Labute approximate surface area is 140 Å². The molecular formula is C17H23BrN2S. The van der Waals surface area contributed by atoms with Crippen molar-refractivity contribution in [2.24, 2.45) is 0 Å². The number of rotatable bonds is 3. The number of hydrogen-bond donors (Lipinski definition) is 1. The summed E-state index contributed by atoms with van der Waals surface area (Å²) in [5, 5.41) is 4.37. The molecule has 1 heterocycles. The van der Waals surface area contributed by atoms with Gasteiger partial charge in [-0.15, -0.1) is 11.3 Å². The highest BCUT2D eigenvalue weighted by Gasteiger charge is 2.23. The summed E-state index contributed by atoms with van der Waals surface area (Å²) in [6.45, 7) is 11.8. The fourth-order valence-electron chi connectivity index (χ4n) is 2.41. The number of benzene rings is 1. The molecule has 0 aliphatic carbocycles. The van der Waals surface area contributed by atoms with Crippen molar-refractivity contribution in [1.82, 2.24) is 10.3 Å². The van der Waals surface area contributed by atoms with E-state index < -0.39 is 0 Å². The van der Waals surface area contributed by atoms with Gasteiger partial charge in [-0.2, -0.15) is 0 Å². The van der Waals surface area contributed by atoms with E-state index in [-0.39, 0.29) is 5.41 Å². The number of nitrogens with zero attached hydrogens (tertiary/aromatic N) is 1. The Morgan fingerprint density at radius 1 is 1.19 bits per heavy atom. The van der Waals surface area contributed by atoms with Crippen LogP contribution in [0.2, 0.25) is 0 Å². The van der Waals surface area contributed by atoms with Crippen LogP contribution in [0.3, 0.4) is 0 Å². The largest absolute Gasteiger partial charge is 0.315 e. The number of thiazole rings is 1. The zero-order valence-corrected chi connectivity index (χ0v) is 16.0. The van der Waals surface area contributed by atoms with Crippen LogP contribution in [0, 0.1) is 13.8 Å². The zero-order valence-electron chi connectivity index (χ0n) is 13.6. The first-order chi connectivity index (χ1) is 9.74. The predicted octanol–water partition coefficient (Wildman–Crippen LogP) is 5.21. The Morgan fingerprint density at radius 3 is 2.24 bits per heavy atom. The van der Waals surface area contributed by atoms with Crippen LogP contribution in [0.5, 0.6) is 0 Å². The molecular weight excluding hydrogens is 344 g/mol. The van der Waals surface area contributed by atoms with E-state index in [0.717, 1.165) is 11.6 Å². The summed E-state index contributed by atoms with van der Waals surface area (Å²) in [6.07, 6.45) is 0. The van der Waals surface area contributed by atoms with E-state index in [1.807, 2.05) is 7.05 Å². The van der Waals surface area contributed by atoms with Gasteiger partial charge in [0.15, 0.2) is 0 Å². The van der Waals surface area contributed by atoms with E-state index in [9.17, 15) is 0 Å². The number of aryl methyl sites for hydroxylation is 2. The topological polar surface area (TPSA) is 24.9 Å². The molecule has 4 heteroatoms. The minimum Gasteiger partial charge on any atom is -0.315 e. The van der Waals surface area contributed by atoms with Gasteiger partial charge in [0.1, 0.15) is 5.01 Å². The highest BCUT2D eigenvalue weighted by Crippen LogP contribution is 2.36. The molecule has 0 unspecified atom stereocenters. The fourth-order valence-corrected chi connectivity index (χ4v) is 3.91.